The third-order valence-electron chi connectivity index (χ3n) is 3.40. The molecule has 0 unspecified atom stereocenters. The van der Waals surface area contributed by atoms with Crippen LogP contribution < -0.4 is 0 Å². The monoisotopic (exact) mass is 292 g/mol. The third-order valence-corrected chi connectivity index (χ3v) is 4.70. The van der Waals surface area contributed by atoms with E-state index in [1.165, 1.54) is 10.6 Å². The Labute approximate surface area is 118 Å². The molecule has 0 aliphatic carbocycles. The number of rotatable bonds is 2. The first-order valence-electron chi connectivity index (χ1n) is 6.48. The summed E-state index contributed by atoms with van der Waals surface area (Å²) < 4.78 is 26.4. The van der Waals surface area contributed by atoms with Crippen molar-refractivity contribution >= 4 is 10.0 Å². The topological polar surface area (TPSA) is 68.1 Å². The van der Waals surface area contributed by atoms with Crippen LogP contribution in [-0.2, 0) is 23.0 Å². The maximum absolute atomic E-state index is 11.6. The molecule has 0 spiro atoms. The predicted molar refractivity (Wildman–Crippen MR) is 75.6 cm³/mol. The molecule has 1 aromatic carbocycles. The Morgan fingerprint density at radius 3 is 2.55 bits per heavy atom. The standard InChI is InChI=1S/C13H16N4O2S/c1-20(18,19)16-8-7-12-14-13(15-17(12)10-9-16)11-5-3-2-4-6-11/h2-6H,7-10H2,1H3. The van der Waals surface area contributed by atoms with Gasteiger partial charge in [0.1, 0.15) is 5.82 Å². The summed E-state index contributed by atoms with van der Waals surface area (Å²) >= 11 is 0. The van der Waals surface area contributed by atoms with Gasteiger partial charge in [0.25, 0.3) is 0 Å². The van der Waals surface area contributed by atoms with Gasteiger partial charge in [-0.05, 0) is 0 Å². The summed E-state index contributed by atoms with van der Waals surface area (Å²) in [5.41, 5.74) is 0.980. The van der Waals surface area contributed by atoms with Gasteiger partial charge in [-0.2, -0.15) is 9.40 Å². The van der Waals surface area contributed by atoms with Crippen molar-refractivity contribution in [2.24, 2.45) is 0 Å². The van der Waals surface area contributed by atoms with Crippen molar-refractivity contribution < 1.29 is 8.42 Å². The van der Waals surface area contributed by atoms with Gasteiger partial charge in [-0.15, -0.1) is 0 Å². The number of fused-ring (bicyclic) bond motifs is 1. The van der Waals surface area contributed by atoms with E-state index in [9.17, 15) is 8.42 Å². The maximum Gasteiger partial charge on any atom is 0.211 e. The zero-order valence-electron chi connectivity index (χ0n) is 11.2. The summed E-state index contributed by atoms with van der Waals surface area (Å²) in [7, 11) is -3.14. The minimum atomic E-state index is -3.14. The minimum Gasteiger partial charge on any atom is -0.248 e. The second-order valence-corrected chi connectivity index (χ2v) is 6.84. The van der Waals surface area contributed by atoms with Gasteiger partial charge in [0, 0.05) is 25.1 Å². The number of hydrogen-bond donors (Lipinski definition) is 0. The highest BCUT2D eigenvalue weighted by atomic mass is 32.2. The molecule has 0 amide bonds. The molecule has 0 fully saturated rings. The van der Waals surface area contributed by atoms with Crippen LogP contribution in [0.2, 0.25) is 0 Å². The summed E-state index contributed by atoms with van der Waals surface area (Å²) in [4.78, 5) is 4.53. The van der Waals surface area contributed by atoms with E-state index in [1.54, 1.807) is 0 Å². The Morgan fingerprint density at radius 1 is 1.10 bits per heavy atom. The highest BCUT2D eigenvalue weighted by Crippen LogP contribution is 2.17. The Bertz CT molecular complexity index is 684. The molecule has 2 heterocycles. The van der Waals surface area contributed by atoms with Crippen LogP contribution >= 0.6 is 0 Å². The zero-order chi connectivity index (χ0) is 14.2. The van der Waals surface area contributed by atoms with Crippen LogP contribution in [0, 0.1) is 0 Å². The average molecular weight is 292 g/mol. The first-order chi connectivity index (χ1) is 9.54. The lowest BCUT2D eigenvalue weighted by molar-refractivity contribution is 0.413. The van der Waals surface area contributed by atoms with Crippen molar-refractivity contribution in [3.63, 3.8) is 0 Å². The molecule has 0 bridgehead atoms. The van der Waals surface area contributed by atoms with Gasteiger partial charge in [0.15, 0.2) is 5.82 Å². The van der Waals surface area contributed by atoms with Crippen LogP contribution in [0.4, 0.5) is 0 Å². The van der Waals surface area contributed by atoms with Gasteiger partial charge in [0.2, 0.25) is 10.0 Å². The summed E-state index contributed by atoms with van der Waals surface area (Å²) in [5, 5.41) is 4.48. The molecule has 0 N–H and O–H groups in total. The second-order valence-electron chi connectivity index (χ2n) is 4.85. The largest absolute Gasteiger partial charge is 0.248 e. The van der Waals surface area contributed by atoms with E-state index in [2.05, 4.69) is 10.1 Å². The SMILES string of the molecule is CS(=O)(=O)N1CCc2nc(-c3ccccc3)nn2CC1. The molecular formula is C13H16N4O2S. The van der Waals surface area contributed by atoms with Crippen molar-refractivity contribution in [1.82, 2.24) is 19.1 Å². The lowest BCUT2D eigenvalue weighted by Gasteiger charge is -2.15. The minimum absolute atomic E-state index is 0.448. The number of aromatic nitrogens is 3. The molecule has 106 valence electrons. The Hall–Kier alpha value is -1.73. The zero-order valence-corrected chi connectivity index (χ0v) is 12.0. The summed E-state index contributed by atoms with van der Waals surface area (Å²) in [6.45, 7) is 1.46. The van der Waals surface area contributed by atoms with Gasteiger partial charge < -0.3 is 0 Å². The molecule has 0 saturated carbocycles. The van der Waals surface area contributed by atoms with Crippen LogP contribution in [0.1, 0.15) is 5.82 Å². The second kappa shape index (κ2) is 4.99. The van der Waals surface area contributed by atoms with Crippen molar-refractivity contribution in [3.05, 3.63) is 36.2 Å². The molecule has 20 heavy (non-hydrogen) atoms. The van der Waals surface area contributed by atoms with Gasteiger partial charge in [-0.25, -0.2) is 18.1 Å². The molecule has 1 aromatic heterocycles. The van der Waals surface area contributed by atoms with Crippen LogP contribution in [0.3, 0.4) is 0 Å². The van der Waals surface area contributed by atoms with Crippen molar-refractivity contribution in [1.29, 1.82) is 0 Å². The first-order valence-corrected chi connectivity index (χ1v) is 8.33. The number of sulfonamides is 1. The number of hydrogen-bond acceptors (Lipinski definition) is 4. The summed E-state index contributed by atoms with van der Waals surface area (Å²) in [5.74, 6) is 1.54. The fourth-order valence-corrected chi connectivity index (χ4v) is 3.16. The normalized spacial score (nSPS) is 16.6. The van der Waals surface area contributed by atoms with Gasteiger partial charge >= 0.3 is 0 Å². The number of benzene rings is 1. The van der Waals surface area contributed by atoms with Crippen LogP contribution in [-0.4, -0.2) is 46.8 Å². The predicted octanol–water partition coefficient (Wildman–Crippen LogP) is 0.763. The molecule has 1 aliphatic rings. The smallest absolute Gasteiger partial charge is 0.211 e. The van der Waals surface area contributed by atoms with Gasteiger partial charge in [-0.1, -0.05) is 30.3 Å². The molecule has 0 saturated heterocycles. The Balaban J connectivity index is 1.86. The van der Waals surface area contributed by atoms with E-state index in [-0.39, 0.29) is 0 Å². The van der Waals surface area contributed by atoms with E-state index in [0.29, 0.717) is 31.9 Å². The highest BCUT2D eigenvalue weighted by Gasteiger charge is 2.22. The fourth-order valence-electron chi connectivity index (χ4n) is 2.32. The van der Waals surface area contributed by atoms with E-state index >= 15 is 0 Å². The van der Waals surface area contributed by atoms with E-state index < -0.39 is 10.0 Å². The average Bonchev–Trinajstić information content (AvgIpc) is 2.71. The summed E-state index contributed by atoms with van der Waals surface area (Å²) in [6.07, 6.45) is 1.83. The lowest BCUT2D eigenvalue weighted by atomic mass is 10.2. The molecule has 7 heteroatoms. The van der Waals surface area contributed by atoms with Crippen molar-refractivity contribution in [2.45, 2.75) is 13.0 Å². The lowest BCUT2D eigenvalue weighted by Crippen LogP contribution is -2.32. The van der Waals surface area contributed by atoms with Crippen LogP contribution in [0.5, 0.6) is 0 Å². The van der Waals surface area contributed by atoms with Gasteiger partial charge in [0.05, 0.1) is 12.8 Å². The molecule has 1 aliphatic heterocycles. The fraction of sp³-hybridized carbons (Fsp3) is 0.385. The molecule has 2 aromatic rings. The maximum atomic E-state index is 11.6. The summed E-state index contributed by atoms with van der Waals surface area (Å²) in [6, 6.07) is 9.80. The van der Waals surface area contributed by atoms with Crippen molar-refractivity contribution in [3.8, 4) is 11.4 Å². The molecular weight excluding hydrogens is 276 g/mol. The quantitative estimate of drug-likeness (QED) is 0.819. The Morgan fingerprint density at radius 2 is 1.85 bits per heavy atom. The van der Waals surface area contributed by atoms with Crippen molar-refractivity contribution in [2.75, 3.05) is 19.3 Å². The first kappa shape index (κ1) is 13.3. The van der Waals surface area contributed by atoms with Gasteiger partial charge in [-0.3, -0.25) is 0 Å². The van der Waals surface area contributed by atoms with E-state index in [4.69, 9.17) is 0 Å². The van der Waals surface area contributed by atoms with Crippen LogP contribution in [0.25, 0.3) is 11.4 Å². The Kier molecular flexibility index (Phi) is 3.31. The third kappa shape index (κ3) is 2.59. The van der Waals surface area contributed by atoms with E-state index in [0.717, 1.165) is 11.4 Å². The highest BCUT2D eigenvalue weighted by molar-refractivity contribution is 7.88. The van der Waals surface area contributed by atoms with Crippen LogP contribution in [0.15, 0.2) is 30.3 Å². The number of nitrogens with zero attached hydrogens (tertiary/aromatic N) is 4. The molecule has 6 nitrogen and oxygen atoms in total. The van der Waals surface area contributed by atoms with E-state index in [1.807, 2.05) is 35.0 Å². The molecule has 0 radical (unpaired) electrons. The molecule has 0 atom stereocenters. The molecule has 3 rings (SSSR count).